The number of nitrogens with one attached hydrogen (secondary N) is 1. The van der Waals surface area contributed by atoms with Crippen molar-refractivity contribution in [2.45, 2.75) is 25.8 Å². The zero-order valence-electron chi connectivity index (χ0n) is 10.9. The van der Waals surface area contributed by atoms with Crippen LogP contribution in [0.15, 0.2) is 30.3 Å². The Morgan fingerprint density at radius 3 is 2.37 bits per heavy atom. The van der Waals surface area contributed by atoms with Gasteiger partial charge < -0.3 is 15.5 Å². The van der Waals surface area contributed by atoms with Gasteiger partial charge in [0.2, 0.25) is 5.91 Å². The average Bonchev–Trinajstić information content (AvgIpc) is 2.42. The summed E-state index contributed by atoms with van der Waals surface area (Å²) in [7, 11) is 0. The molecule has 0 aliphatic carbocycles. The minimum atomic E-state index is -1.06. The molecule has 5 heteroatoms. The Hall–Kier alpha value is -1.88. The molecule has 0 spiro atoms. The summed E-state index contributed by atoms with van der Waals surface area (Å²) >= 11 is 0. The average molecular weight is 265 g/mol. The minimum Gasteiger partial charge on any atom is -0.480 e. The van der Waals surface area contributed by atoms with Gasteiger partial charge in [0.25, 0.3) is 0 Å². The van der Waals surface area contributed by atoms with E-state index >= 15 is 0 Å². The molecule has 0 aliphatic rings. The number of aliphatic hydroxyl groups is 1. The molecule has 0 saturated heterocycles. The van der Waals surface area contributed by atoms with E-state index in [1.54, 1.807) is 6.92 Å². The highest BCUT2D eigenvalue weighted by atomic mass is 16.4. The number of benzene rings is 1. The van der Waals surface area contributed by atoms with E-state index in [9.17, 15) is 14.7 Å². The van der Waals surface area contributed by atoms with Crippen molar-refractivity contribution in [3.8, 4) is 0 Å². The number of hydrogen-bond donors (Lipinski definition) is 3. The number of rotatable bonds is 7. The summed E-state index contributed by atoms with van der Waals surface area (Å²) in [5, 5.41) is 20.6. The van der Waals surface area contributed by atoms with Crippen molar-refractivity contribution in [2.75, 3.05) is 6.61 Å². The highest BCUT2D eigenvalue weighted by Crippen LogP contribution is 2.09. The third kappa shape index (κ3) is 4.71. The molecule has 3 N–H and O–H groups in total. The van der Waals surface area contributed by atoms with Crippen LogP contribution in [0.3, 0.4) is 0 Å². The van der Waals surface area contributed by atoms with Gasteiger partial charge in [-0.1, -0.05) is 37.3 Å². The van der Waals surface area contributed by atoms with E-state index in [-0.39, 0.29) is 6.61 Å². The van der Waals surface area contributed by atoms with Crippen LogP contribution in [0.1, 0.15) is 18.9 Å². The summed E-state index contributed by atoms with van der Waals surface area (Å²) in [4.78, 5) is 22.8. The lowest BCUT2D eigenvalue weighted by molar-refractivity contribution is -0.142. The largest absolute Gasteiger partial charge is 0.480 e. The molecule has 0 heterocycles. The van der Waals surface area contributed by atoms with Gasteiger partial charge in [0.15, 0.2) is 0 Å². The van der Waals surface area contributed by atoms with E-state index in [1.807, 2.05) is 30.3 Å². The van der Waals surface area contributed by atoms with Crippen molar-refractivity contribution in [1.82, 2.24) is 5.32 Å². The first-order chi connectivity index (χ1) is 9.08. The van der Waals surface area contributed by atoms with E-state index in [0.29, 0.717) is 12.8 Å². The lowest BCUT2D eigenvalue weighted by Crippen LogP contribution is -2.44. The maximum atomic E-state index is 11.9. The van der Waals surface area contributed by atoms with Crippen molar-refractivity contribution < 1.29 is 19.8 Å². The molecule has 0 fully saturated rings. The highest BCUT2D eigenvalue weighted by Gasteiger charge is 2.23. The predicted octanol–water partition coefficient (Wildman–Crippen LogP) is 0.817. The number of amides is 1. The highest BCUT2D eigenvalue weighted by molar-refractivity contribution is 5.85. The van der Waals surface area contributed by atoms with Gasteiger partial charge in [0.05, 0.1) is 12.5 Å². The number of aliphatic carboxylic acids is 1. The number of carboxylic acids is 1. The number of aliphatic hydroxyl groups excluding tert-OH is 1. The zero-order valence-corrected chi connectivity index (χ0v) is 10.9. The number of carboxylic acid groups (broad SMARTS) is 1. The van der Waals surface area contributed by atoms with E-state index < -0.39 is 23.8 Å². The lowest BCUT2D eigenvalue weighted by atomic mass is 9.99. The first-order valence-corrected chi connectivity index (χ1v) is 6.26. The fraction of sp³-hybridized carbons (Fsp3) is 0.429. The molecule has 19 heavy (non-hydrogen) atoms. The first-order valence-electron chi connectivity index (χ1n) is 6.26. The van der Waals surface area contributed by atoms with Gasteiger partial charge >= 0.3 is 5.97 Å². The molecule has 1 rings (SSSR count). The van der Waals surface area contributed by atoms with Crippen molar-refractivity contribution in [1.29, 1.82) is 0 Å². The van der Waals surface area contributed by atoms with E-state index in [0.717, 1.165) is 5.56 Å². The van der Waals surface area contributed by atoms with E-state index in [4.69, 9.17) is 5.11 Å². The molecule has 1 aromatic rings. The molecule has 0 radical (unpaired) electrons. The number of carbonyl (C=O) groups is 2. The summed E-state index contributed by atoms with van der Waals surface area (Å²) in [5.74, 6) is -2.12. The van der Waals surface area contributed by atoms with Crippen LogP contribution in [0.25, 0.3) is 0 Å². The standard InChI is InChI=1S/C14H19NO4/c1-2-12(14(18)19)15-13(17)11(9-16)8-10-6-4-3-5-7-10/h3-7,11-12,16H,2,8-9H2,1H3,(H,15,17)(H,18,19)/t11-,12?/m0/s1. The van der Waals surface area contributed by atoms with Gasteiger partial charge in [0, 0.05) is 0 Å². The molecule has 1 aromatic carbocycles. The Balaban J connectivity index is 2.64. The van der Waals surface area contributed by atoms with Gasteiger partial charge in [-0.15, -0.1) is 0 Å². The molecule has 5 nitrogen and oxygen atoms in total. The smallest absolute Gasteiger partial charge is 0.326 e. The third-order valence-electron chi connectivity index (χ3n) is 2.94. The number of hydrogen-bond acceptors (Lipinski definition) is 3. The van der Waals surface area contributed by atoms with Crippen molar-refractivity contribution >= 4 is 11.9 Å². The summed E-state index contributed by atoms with van der Waals surface area (Å²) in [5.41, 5.74) is 0.931. The quantitative estimate of drug-likeness (QED) is 0.681. The van der Waals surface area contributed by atoms with Crippen LogP contribution < -0.4 is 5.32 Å². The fourth-order valence-electron chi connectivity index (χ4n) is 1.77. The Kier molecular flexibility index (Phi) is 6.02. The van der Waals surface area contributed by atoms with Gasteiger partial charge in [-0.05, 0) is 18.4 Å². The van der Waals surface area contributed by atoms with Crippen LogP contribution in [0.2, 0.25) is 0 Å². The Morgan fingerprint density at radius 1 is 1.26 bits per heavy atom. The topological polar surface area (TPSA) is 86.6 Å². The monoisotopic (exact) mass is 265 g/mol. The Morgan fingerprint density at radius 2 is 1.89 bits per heavy atom. The second-order valence-corrected chi connectivity index (χ2v) is 4.38. The van der Waals surface area contributed by atoms with Crippen LogP contribution in [0.4, 0.5) is 0 Å². The maximum Gasteiger partial charge on any atom is 0.326 e. The van der Waals surface area contributed by atoms with Crippen molar-refractivity contribution in [3.05, 3.63) is 35.9 Å². The van der Waals surface area contributed by atoms with Gasteiger partial charge in [-0.2, -0.15) is 0 Å². The summed E-state index contributed by atoms with van der Waals surface area (Å²) in [6.07, 6.45) is 0.698. The van der Waals surface area contributed by atoms with Gasteiger partial charge in [0.1, 0.15) is 6.04 Å². The fourth-order valence-corrected chi connectivity index (χ4v) is 1.77. The Labute approximate surface area is 112 Å². The molecule has 0 saturated carbocycles. The second kappa shape index (κ2) is 7.53. The molecule has 104 valence electrons. The van der Waals surface area contributed by atoms with Crippen LogP contribution in [0, 0.1) is 5.92 Å². The molecular weight excluding hydrogens is 246 g/mol. The normalized spacial score (nSPS) is 13.6. The van der Waals surface area contributed by atoms with E-state index in [1.165, 1.54) is 0 Å². The van der Waals surface area contributed by atoms with Crippen molar-refractivity contribution in [2.24, 2.45) is 5.92 Å². The van der Waals surface area contributed by atoms with Crippen LogP contribution in [-0.4, -0.2) is 34.7 Å². The zero-order chi connectivity index (χ0) is 14.3. The molecule has 0 aliphatic heterocycles. The third-order valence-corrected chi connectivity index (χ3v) is 2.94. The van der Waals surface area contributed by atoms with Crippen LogP contribution in [0.5, 0.6) is 0 Å². The molecule has 2 atom stereocenters. The van der Waals surface area contributed by atoms with Crippen molar-refractivity contribution in [3.63, 3.8) is 0 Å². The van der Waals surface area contributed by atoms with Crippen LogP contribution >= 0.6 is 0 Å². The van der Waals surface area contributed by atoms with E-state index in [2.05, 4.69) is 5.32 Å². The lowest BCUT2D eigenvalue weighted by Gasteiger charge is -2.18. The summed E-state index contributed by atoms with van der Waals surface area (Å²) in [6, 6.07) is 8.41. The molecule has 0 bridgehead atoms. The van der Waals surface area contributed by atoms with Gasteiger partial charge in [-0.25, -0.2) is 4.79 Å². The predicted molar refractivity (Wildman–Crippen MR) is 70.6 cm³/mol. The van der Waals surface area contributed by atoms with Crippen LogP contribution in [-0.2, 0) is 16.0 Å². The maximum absolute atomic E-state index is 11.9. The molecule has 1 amide bonds. The first kappa shape index (κ1) is 15.2. The summed E-state index contributed by atoms with van der Waals surface area (Å²) < 4.78 is 0. The molecule has 1 unspecified atom stereocenters. The molecule has 0 aromatic heterocycles. The second-order valence-electron chi connectivity index (χ2n) is 4.38. The minimum absolute atomic E-state index is 0.309. The van der Waals surface area contributed by atoms with Gasteiger partial charge in [-0.3, -0.25) is 4.79 Å². The molecular formula is C14H19NO4. The SMILES string of the molecule is CCC(NC(=O)[C@H](CO)Cc1ccccc1)C(=O)O. The summed E-state index contributed by atoms with van der Waals surface area (Å²) in [6.45, 7) is 1.38. The Bertz CT molecular complexity index is 419. The number of carbonyl (C=O) groups excluding carboxylic acids is 1.